The Kier molecular flexibility index (Phi) is 4.77. The number of rotatable bonds is 3. The summed E-state index contributed by atoms with van der Waals surface area (Å²) in [7, 11) is -2.35. The standard InChI is InChI=1S/C21H22FN5O2S/c1-21(12-30(28,29)27(3)20(23)26-21)16-11-13(4-7-17(16)22)10-14-5-8-18-15(14)6-9-19(24-2)25-18/h4,6-7,9,11,14H,5,8,10,12H2,1,3H3,(H2,23,26)/t14-,21+/m1/s1. The van der Waals surface area contributed by atoms with Gasteiger partial charge in [0, 0.05) is 19.0 Å². The number of aryl methyl sites for hydroxylation is 1. The molecule has 0 bridgehead atoms. The summed E-state index contributed by atoms with van der Waals surface area (Å²) in [5.74, 6) is -0.404. The summed E-state index contributed by atoms with van der Waals surface area (Å²) in [6.07, 6.45) is 2.37. The van der Waals surface area contributed by atoms with Crippen molar-refractivity contribution in [2.75, 3.05) is 12.8 Å². The third-order valence-electron chi connectivity index (χ3n) is 5.94. The first kappa shape index (κ1) is 20.3. The Morgan fingerprint density at radius 3 is 2.83 bits per heavy atom. The highest BCUT2D eigenvalue weighted by Gasteiger charge is 2.41. The van der Waals surface area contributed by atoms with E-state index in [1.54, 1.807) is 25.1 Å². The Bertz CT molecular complexity index is 1200. The third kappa shape index (κ3) is 3.41. The number of aliphatic imine (C=N–C) groups is 1. The molecule has 7 nitrogen and oxygen atoms in total. The van der Waals surface area contributed by atoms with Gasteiger partial charge >= 0.3 is 0 Å². The Morgan fingerprint density at radius 2 is 2.13 bits per heavy atom. The average molecular weight is 428 g/mol. The minimum Gasteiger partial charge on any atom is -0.369 e. The first-order valence-corrected chi connectivity index (χ1v) is 11.2. The topological polar surface area (TPSA) is 93.0 Å². The van der Waals surface area contributed by atoms with Gasteiger partial charge in [-0.15, -0.1) is 4.98 Å². The molecule has 0 amide bonds. The van der Waals surface area contributed by atoms with Crippen molar-refractivity contribution in [3.05, 3.63) is 70.0 Å². The Morgan fingerprint density at radius 1 is 1.37 bits per heavy atom. The normalized spacial score (nSPS) is 24.8. The number of benzene rings is 1. The Labute approximate surface area is 175 Å². The molecular weight excluding hydrogens is 405 g/mol. The van der Waals surface area contributed by atoms with Gasteiger partial charge in [-0.3, -0.25) is 0 Å². The van der Waals surface area contributed by atoms with Crippen LogP contribution < -0.4 is 5.73 Å². The molecule has 2 aliphatic rings. The molecule has 1 aromatic heterocycles. The molecule has 0 spiro atoms. The molecule has 30 heavy (non-hydrogen) atoms. The molecule has 2 N–H and O–H groups in total. The quantitative estimate of drug-likeness (QED) is 0.763. The fraction of sp³-hybridized carbons (Fsp3) is 0.381. The molecule has 2 aromatic rings. The number of fused-ring (bicyclic) bond motifs is 1. The minimum absolute atomic E-state index is 0.153. The molecule has 1 aliphatic heterocycles. The van der Waals surface area contributed by atoms with Crippen LogP contribution in [0.3, 0.4) is 0 Å². The number of hydrogen-bond donors (Lipinski definition) is 1. The lowest BCUT2D eigenvalue weighted by Gasteiger charge is -2.34. The lowest BCUT2D eigenvalue weighted by Crippen LogP contribution is -2.50. The monoisotopic (exact) mass is 427 g/mol. The van der Waals surface area contributed by atoms with Gasteiger partial charge in [-0.25, -0.2) is 22.1 Å². The van der Waals surface area contributed by atoms with Crippen molar-refractivity contribution < 1.29 is 12.8 Å². The predicted molar refractivity (Wildman–Crippen MR) is 112 cm³/mol. The van der Waals surface area contributed by atoms with Gasteiger partial charge in [0.05, 0.1) is 5.75 Å². The van der Waals surface area contributed by atoms with Crippen LogP contribution in [0.25, 0.3) is 4.85 Å². The van der Waals surface area contributed by atoms with Crippen LogP contribution in [0.15, 0.2) is 35.3 Å². The number of aromatic nitrogens is 1. The molecular formula is C21H22FN5O2S. The SMILES string of the molecule is [C-]#[N+]c1ccc2c(n1)CC[C@@H]2Cc1ccc(F)c([C@]2(C)CS(=O)(=O)N(C)C(N)=N2)c1. The van der Waals surface area contributed by atoms with Crippen LogP contribution in [-0.2, 0) is 28.4 Å². The molecule has 9 heteroatoms. The molecule has 0 saturated heterocycles. The second kappa shape index (κ2) is 7.06. The van der Waals surface area contributed by atoms with Gasteiger partial charge in [0.25, 0.3) is 5.82 Å². The van der Waals surface area contributed by atoms with Crippen molar-refractivity contribution >= 4 is 21.8 Å². The maximum absolute atomic E-state index is 14.8. The molecule has 2 atom stereocenters. The largest absolute Gasteiger partial charge is 0.369 e. The molecule has 1 aliphatic carbocycles. The molecule has 1 aromatic carbocycles. The van der Waals surface area contributed by atoms with E-state index in [4.69, 9.17) is 12.3 Å². The highest BCUT2D eigenvalue weighted by molar-refractivity contribution is 7.89. The predicted octanol–water partition coefficient (Wildman–Crippen LogP) is 2.85. The van der Waals surface area contributed by atoms with Crippen molar-refractivity contribution in [1.82, 2.24) is 9.29 Å². The van der Waals surface area contributed by atoms with Crippen LogP contribution in [0.1, 0.15) is 41.6 Å². The number of hydrogen-bond acceptors (Lipinski definition) is 5. The van der Waals surface area contributed by atoms with Crippen molar-refractivity contribution in [3.63, 3.8) is 0 Å². The van der Waals surface area contributed by atoms with E-state index in [0.717, 1.165) is 34.0 Å². The first-order chi connectivity index (χ1) is 14.1. The smallest absolute Gasteiger partial charge is 0.269 e. The van der Waals surface area contributed by atoms with Gasteiger partial charge in [0.2, 0.25) is 16.0 Å². The summed E-state index contributed by atoms with van der Waals surface area (Å²) >= 11 is 0. The van der Waals surface area contributed by atoms with E-state index < -0.39 is 21.4 Å². The summed E-state index contributed by atoms with van der Waals surface area (Å²) in [5.41, 5.74) is 7.69. The van der Waals surface area contributed by atoms with Gasteiger partial charge in [-0.05, 0) is 48.9 Å². The highest BCUT2D eigenvalue weighted by atomic mass is 32.2. The van der Waals surface area contributed by atoms with E-state index in [9.17, 15) is 12.8 Å². The number of sulfonamides is 1. The minimum atomic E-state index is -3.69. The van der Waals surface area contributed by atoms with Gasteiger partial charge < -0.3 is 10.6 Å². The number of nitrogens with zero attached hydrogens (tertiary/aromatic N) is 4. The van der Waals surface area contributed by atoms with Crippen LogP contribution in [0, 0.1) is 12.4 Å². The highest BCUT2D eigenvalue weighted by Crippen LogP contribution is 2.38. The zero-order valence-electron chi connectivity index (χ0n) is 16.8. The molecule has 156 valence electrons. The van der Waals surface area contributed by atoms with Gasteiger partial charge in [0.1, 0.15) is 17.1 Å². The Balaban J connectivity index is 1.67. The average Bonchev–Trinajstić information content (AvgIpc) is 3.09. The Hall–Kier alpha value is -2.99. The lowest BCUT2D eigenvalue weighted by atomic mass is 9.88. The third-order valence-corrected chi connectivity index (χ3v) is 7.88. The summed E-state index contributed by atoms with van der Waals surface area (Å²) in [4.78, 5) is 12.1. The second-order valence-corrected chi connectivity index (χ2v) is 10.0. The molecule has 4 rings (SSSR count). The van der Waals surface area contributed by atoms with Crippen molar-refractivity contribution in [3.8, 4) is 0 Å². The van der Waals surface area contributed by atoms with Crippen molar-refractivity contribution in [2.45, 2.75) is 37.6 Å². The summed E-state index contributed by atoms with van der Waals surface area (Å²) in [6, 6.07) is 8.46. The summed E-state index contributed by atoms with van der Waals surface area (Å²) in [6.45, 7) is 8.70. The van der Waals surface area contributed by atoms with E-state index in [0.29, 0.717) is 12.2 Å². The second-order valence-electron chi connectivity index (χ2n) is 8.04. The van der Waals surface area contributed by atoms with Gasteiger partial charge in [-0.2, -0.15) is 0 Å². The van der Waals surface area contributed by atoms with E-state index in [-0.39, 0.29) is 23.2 Å². The maximum Gasteiger partial charge on any atom is 0.269 e. The fourth-order valence-electron chi connectivity index (χ4n) is 4.30. The van der Waals surface area contributed by atoms with Crippen LogP contribution in [0.5, 0.6) is 0 Å². The number of halogens is 1. The van der Waals surface area contributed by atoms with Crippen LogP contribution >= 0.6 is 0 Å². The van der Waals surface area contributed by atoms with Crippen molar-refractivity contribution in [2.24, 2.45) is 10.7 Å². The summed E-state index contributed by atoms with van der Waals surface area (Å²) < 4.78 is 40.6. The lowest BCUT2D eigenvalue weighted by molar-refractivity contribution is 0.457. The van der Waals surface area contributed by atoms with E-state index in [1.807, 2.05) is 6.07 Å². The molecule has 0 radical (unpaired) electrons. The first-order valence-electron chi connectivity index (χ1n) is 9.61. The van der Waals surface area contributed by atoms with E-state index in [2.05, 4.69) is 14.8 Å². The summed E-state index contributed by atoms with van der Waals surface area (Å²) in [5, 5.41) is 0. The van der Waals surface area contributed by atoms with Crippen LogP contribution in [0.2, 0.25) is 0 Å². The molecule has 0 unspecified atom stereocenters. The van der Waals surface area contributed by atoms with E-state index >= 15 is 0 Å². The zero-order chi connectivity index (χ0) is 21.7. The fourth-order valence-corrected chi connectivity index (χ4v) is 5.75. The van der Waals surface area contributed by atoms with Crippen LogP contribution in [-0.4, -0.2) is 36.5 Å². The van der Waals surface area contributed by atoms with Crippen LogP contribution in [0.4, 0.5) is 10.2 Å². The zero-order valence-corrected chi connectivity index (χ0v) is 17.6. The number of guanidine groups is 1. The molecule has 0 saturated carbocycles. The van der Waals surface area contributed by atoms with E-state index in [1.165, 1.54) is 13.1 Å². The molecule has 0 fully saturated rings. The number of nitrogens with two attached hydrogens (primary N) is 1. The van der Waals surface area contributed by atoms with Gasteiger partial charge in [-0.1, -0.05) is 24.8 Å². The van der Waals surface area contributed by atoms with Gasteiger partial charge in [0.15, 0.2) is 0 Å². The number of pyridine rings is 1. The maximum atomic E-state index is 14.8. The molecule has 2 heterocycles. The van der Waals surface area contributed by atoms with Crippen molar-refractivity contribution in [1.29, 1.82) is 0 Å².